The lowest BCUT2D eigenvalue weighted by atomic mass is 10.7. The summed E-state index contributed by atoms with van der Waals surface area (Å²) in [6, 6.07) is 0. The van der Waals surface area contributed by atoms with Crippen LogP contribution in [0.25, 0.3) is 0 Å². The molecular formula is C4H2F8O2. The minimum absolute atomic E-state index is 2.28. The second-order valence-electron chi connectivity index (χ2n) is 1.83. The number of hydrogen-bond donors (Lipinski definition) is 0. The second-order valence-corrected chi connectivity index (χ2v) is 1.83. The van der Waals surface area contributed by atoms with Gasteiger partial charge in [0.1, 0.15) is 0 Å². The quantitative estimate of drug-likeness (QED) is 0.699. The Morgan fingerprint density at radius 1 is 0.643 bits per heavy atom. The van der Waals surface area contributed by atoms with Crippen molar-refractivity contribution >= 4 is 0 Å². The van der Waals surface area contributed by atoms with Crippen molar-refractivity contribution < 1.29 is 44.6 Å². The molecule has 14 heavy (non-hydrogen) atoms. The number of alkyl halides is 8. The van der Waals surface area contributed by atoms with Gasteiger partial charge in [0.05, 0.1) is 0 Å². The molecule has 0 aromatic rings. The second kappa shape index (κ2) is 4.26. The van der Waals surface area contributed by atoms with E-state index in [0.717, 1.165) is 0 Å². The van der Waals surface area contributed by atoms with Crippen molar-refractivity contribution in [2.45, 2.75) is 25.4 Å². The predicted octanol–water partition coefficient (Wildman–Crippen LogP) is 2.65. The zero-order valence-electron chi connectivity index (χ0n) is 5.99. The van der Waals surface area contributed by atoms with Crippen molar-refractivity contribution in [2.75, 3.05) is 0 Å². The van der Waals surface area contributed by atoms with E-state index in [1.807, 2.05) is 0 Å². The summed E-state index contributed by atoms with van der Waals surface area (Å²) in [5.41, 5.74) is 0. The summed E-state index contributed by atoms with van der Waals surface area (Å²) in [6.07, 6.45) is -19.0. The lowest BCUT2D eigenvalue weighted by Crippen LogP contribution is -2.33. The fraction of sp³-hybridized carbons (Fsp3) is 1.00. The Bertz CT molecular complexity index is 153. The smallest absolute Gasteiger partial charge is 0.251 e. The Kier molecular flexibility index (Phi) is 4.06. The van der Waals surface area contributed by atoms with E-state index in [1.165, 1.54) is 0 Å². The van der Waals surface area contributed by atoms with Crippen molar-refractivity contribution in [3.63, 3.8) is 0 Å². The molecule has 86 valence electrons. The standard InChI is InChI=1S/C4H2F8O2/c5-1(13-3(7,8)9)2(6)14-4(10,11)12/h1-2H. The first-order chi connectivity index (χ1) is 6.01. The molecular weight excluding hydrogens is 232 g/mol. The summed E-state index contributed by atoms with van der Waals surface area (Å²) in [5, 5.41) is 0. The van der Waals surface area contributed by atoms with E-state index in [9.17, 15) is 35.1 Å². The van der Waals surface area contributed by atoms with Crippen LogP contribution in [0.1, 0.15) is 0 Å². The fourth-order valence-corrected chi connectivity index (χ4v) is 0.362. The maximum Gasteiger partial charge on any atom is 0.525 e. The van der Waals surface area contributed by atoms with Crippen LogP contribution in [0.4, 0.5) is 35.1 Å². The predicted molar refractivity (Wildman–Crippen MR) is 24.1 cm³/mol. The number of halogens is 8. The first-order valence-corrected chi connectivity index (χ1v) is 2.78. The van der Waals surface area contributed by atoms with Gasteiger partial charge < -0.3 is 0 Å². The highest BCUT2D eigenvalue weighted by Crippen LogP contribution is 2.26. The minimum Gasteiger partial charge on any atom is -0.251 e. The minimum atomic E-state index is -5.58. The molecule has 0 fully saturated rings. The maximum atomic E-state index is 11.9. The summed E-state index contributed by atoms with van der Waals surface area (Å²) >= 11 is 0. The molecule has 0 aliphatic heterocycles. The molecule has 0 heterocycles. The van der Waals surface area contributed by atoms with Gasteiger partial charge in [-0.15, -0.1) is 26.3 Å². The van der Waals surface area contributed by atoms with Crippen molar-refractivity contribution in [1.82, 2.24) is 0 Å². The largest absolute Gasteiger partial charge is 0.525 e. The van der Waals surface area contributed by atoms with E-state index in [1.54, 1.807) is 0 Å². The summed E-state index contributed by atoms with van der Waals surface area (Å²) in [4.78, 5) is 0. The van der Waals surface area contributed by atoms with Crippen molar-refractivity contribution in [2.24, 2.45) is 0 Å². The zero-order valence-corrected chi connectivity index (χ0v) is 5.99. The molecule has 2 nitrogen and oxygen atoms in total. The van der Waals surface area contributed by atoms with Crippen LogP contribution < -0.4 is 0 Å². The van der Waals surface area contributed by atoms with Gasteiger partial charge in [0.25, 0.3) is 12.7 Å². The molecule has 0 aliphatic rings. The number of ether oxygens (including phenoxy) is 2. The van der Waals surface area contributed by atoms with Gasteiger partial charge in [0.15, 0.2) is 0 Å². The number of rotatable bonds is 3. The first-order valence-electron chi connectivity index (χ1n) is 2.78. The third kappa shape index (κ3) is 6.83. The summed E-state index contributed by atoms with van der Waals surface area (Å²) < 4.78 is 95.1. The van der Waals surface area contributed by atoms with Crippen LogP contribution >= 0.6 is 0 Å². The average molecular weight is 234 g/mol. The Balaban J connectivity index is 4.07. The van der Waals surface area contributed by atoms with Crippen LogP contribution in [0, 0.1) is 0 Å². The van der Waals surface area contributed by atoms with Gasteiger partial charge in [0, 0.05) is 0 Å². The van der Waals surface area contributed by atoms with Crippen LogP contribution in [-0.4, -0.2) is 25.4 Å². The third-order valence-corrected chi connectivity index (χ3v) is 0.698. The van der Waals surface area contributed by atoms with Gasteiger partial charge in [-0.25, -0.2) is 8.78 Å². The van der Waals surface area contributed by atoms with Gasteiger partial charge in [-0.1, -0.05) is 0 Å². The summed E-state index contributed by atoms with van der Waals surface area (Å²) in [7, 11) is 0. The highest BCUT2D eigenvalue weighted by atomic mass is 19.4. The molecule has 0 aliphatic carbocycles. The molecule has 0 rings (SSSR count). The SMILES string of the molecule is FC(OC(F)(F)F)C(F)OC(F)(F)F. The summed E-state index contributed by atoms with van der Waals surface area (Å²) in [5.74, 6) is 0. The third-order valence-electron chi connectivity index (χ3n) is 0.698. The summed E-state index contributed by atoms with van der Waals surface area (Å²) in [6.45, 7) is 0. The van der Waals surface area contributed by atoms with E-state index in [2.05, 4.69) is 9.47 Å². The topological polar surface area (TPSA) is 18.5 Å². The molecule has 0 N–H and O–H groups in total. The molecule has 2 unspecified atom stereocenters. The lowest BCUT2D eigenvalue weighted by molar-refractivity contribution is -0.421. The zero-order chi connectivity index (χ0) is 11.6. The molecule has 0 aromatic carbocycles. The van der Waals surface area contributed by atoms with Crippen molar-refractivity contribution in [1.29, 1.82) is 0 Å². The molecule has 0 amide bonds. The normalized spacial score (nSPS) is 18.0. The van der Waals surface area contributed by atoms with E-state index in [0.29, 0.717) is 0 Å². The van der Waals surface area contributed by atoms with Crippen LogP contribution in [0.15, 0.2) is 0 Å². The Labute approximate surface area is 71.4 Å². The van der Waals surface area contributed by atoms with E-state index >= 15 is 0 Å². The van der Waals surface area contributed by atoms with Gasteiger partial charge >= 0.3 is 12.7 Å². The molecule has 0 saturated heterocycles. The molecule has 0 bridgehead atoms. The maximum absolute atomic E-state index is 11.9. The van der Waals surface area contributed by atoms with Crippen LogP contribution in [0.3, 0.4) is 0 Å². The Morgan fingerprint density at radius 2 is 0.857 bits per heavy atom. The number of hydrogen-bond acceptors (Lipinski definition) is 2. The molecule has 0 radical (unpaired) electrons. The van der Waals surface area contributed by atoms with Crippen molar-refractivity contribution in [3.05, 3.63) is 0 Å². The Morgan fingerprint density at radius 3 is 1.00 bits per heavy atom. The molecule has 10 heteroatoms. The molecule has 0 aromatic heterocycles. The first kappa shape index (κ1) is 13.4. The van der Waals surface area contributed by atoms with E-state index in [4.69, 9.17) is 0 Å². The van der Waals surface area contributed by atoms with Crippen LogP contribution in [0.2, 0.25) is 0 Å². The highest BCUT2D eigenvalue weighted by molar-refractivity contribution is 4.48. The van der Waals surface area contributed by atoms with Gasteiger partial charge in [-0.3, -0.25) is 9.47 Å². The molecule has 2 atom stereocenters. The van der Waals surface area contributed by atoms with Gasteiger partial charge in [-0.2, -0.15) is 0 Å². The van der Waals surface area contributed by atoms with Crippen molar-refractivity contribution in [3.8, 4) is 0 Å². The van der Waals surface area contributed by atoms with Crippen LogP contribution in [0.5, 0.6) is 0 Å². The van der Waals surface area contributed by atoms with Gasteiger partial charge in [0.2, 0.25) is 0 Å². The fourth-order valence-electron chi connectivity index (χ4n) is 0.362. The highest BCUT2D eigenvalue weighted by Gasteiger charge is 2.43. The molecule has 0 saturated carbocycles. The average Bonchev–Trinajstić information content (AvgIpc) is 1.78. The van der Waals surface area contributed by atoms with Gasteiger partial charge in [-0.05, 0) is 0 Å². The van der Waals surface area contributed by atoms with E-state index < -0.39 is 25.4 Å². The molecule has 0 spiro atoms. The lowest BCUT2D eigenvalue weighted by Gasteiger charge is -2.17. The van der Waals surface area contributed by atoms with Crippen LogP contribution in [-0.2, 0) is 9.47 Å². The monoisotopic (exact) mass is 234 g/mol. The van der Waals surface area contributed by atoms with E-state index in [-0.39, 0.29) is 0 Å². The Hall–Kier alpha value is -0.640.